The SMILES string of the molecule is CC1CCOCSC1. The monoisotopic (exact) mass is 132 g/mol. The van der Waals surface area contributed by atoms with Crippen LogP contribution >= 0.6 is 11.8 Å². The van der Waals surface area contributed by atoms with Gasteiger partial charge in [0.15, 0.2) is 0 Å². The van der Waals surface area contributed by atoms with Crippen LogP contribution in [0.25, 0.3) is 0 Å². The lowest BCUT2D eigenvalue weighted by atomic mass is 10.1. The van der Waals surface area contributed by atoms with E-state index in [0.29, 0.717) is 0 Å². The molecule has 1 saturated heterocycles. The molecule has 1 unspecified atom stereocenters. The number of ether oxygens (including phenoxy) is 1. The van der Waals surface area contributed by atoms with Gasteiger partial charge in [-0.2, -0.15) is 0 Å². The zero-order chi connectivity index (χ0) is 5.82. The van der Waals surface area contributed by atoms with E-state index in [9.17, 15) is 0 Å². The number of hydrogen-bond acceptors (Lipinski definition) is 2. The Hall–Kier alpha value is 0.310. The third-order valence-corrected chi connectivity index (χ3v) is 2.46. The van der Waals surface area contributed by atoms with Gasteiger partial charge in [0.1, 0.15) is 0 Å². The van der Waals surface area contributed by atoms with Crippen molar-refractivity contribution in [3.63, 3.8) is 0 Å². The van der Waals surface area contributed by atoms with Crippen molar-refractivity contribution in [2.75, 3.05) is 18.3 Å². The smallest absolute Gasteiger partial charge is 0.0920 e. The van der Waals surface area contributed by atoms with E-state index in [0.717, 1.165) is 18.5 Å². The Morgan fingerprint density at radius 3 is 3.38 bits per heavy atom. The van der Waals surface area contributed by atoms with E-state index in [1.807, 2.05) is 11.8 Å². The lowest BCUT2D eigenvalue weighted by molar-refractivity contribution is 0.175. The zero-order valence-electron chi connectivity index (χ0n) is 5.22. The Labute approximate surface area is 54.8 Å². The third-order valence-electron chi connectivity index (χ3n) is 1.32. The molecule has 1 nitrogen and oxygen atoms in total. The van der Waals surface area contributed by atoms with Crippen LogP contribution in [0.1, 0.15) is 13.3 Å². The summed E-state index contributed by atoms with van der Waals surface area (Å²) in [6.07, 6.45) is 1.24. The zero-order valence-corrected chi connectivity index (χ0v) is 6.04. The van der Waals surface area contributed by atoms with E-state index in [1.54, 1.807) is 0 Å². The molecule has 0 aromatic carbocycles. The van der Waals surface area contributed by atoms with E-state index >= 15 is 0 Å². The minimum Gasteiger partial charge on any atom is -0.371 e. The first-order valence-corrected chi connectivity index (χ1v) is 4.20. The maximum absolute atomic E-state index is 5.23. The second-order valence-corrected chi connectivity index (χ2v) is 3.27. The van der Waals surface area contributed by atoms with Gasteiger partial charge in [-0.3, -0.25) is 0 Å². The first kappa shape index (κ1) is 6.43. The van der Waals surface area contributed by atoms with E-state index in [2.05, 4.69) is 6.92 Å². The highest BCUT2D eigenvalue weighted by atomic mass is 32.2. The Morgan fingerprint density at radius 2 is 2.50 bits per heavy atom. The molecule has 0 spiro atoms. The van der Waals surface area contributed by atoms with Crippen molar-refractivity contribution >= 4 is 11.8 Å². The number of hydrogen-bond donors (Lipinski definition) is 0. The van der Waals surface area contributed by atoms with Gasteiger partial charge < -0.3 is 4.74 Å². The minimum absolute atomic E-state index is 0.863. The van der Waals surface area contributed by atoms with Crippen molar-refractivity contribution in [1.29, 1.82) is 0 Å². The van der Waals surface area contributed by atoms with Gasteiger partial charge in [0, 0.05) is 6.61 Å². The summed E-state index contributed by atoms with van der Waals surface area (Å²) in [5.41, 5.74) is 0. The molecule has 48 valence electrons. The van der Waals surface area contributed by atoms with Crippen molar-refractivity contribution in [2.45, 2.75) is 13.3 Å². The Bertz CT molecular complexity index is 57.5. The second-order valence-electron chi connectivity index (χ2n) is 2.29. The summed E-state index contributed by atoms with van der Waals surface area (Å²) < 4.78 is 5.23. The van der Waals surface area contributed by atoms with Crippen molar-refractivity contribution in [3.8, 4) is 0 Å². The molecular formula is C6H12OS. The van der Waals surface area contributed by atoms with Crippen molar-refractivity contribution in [3.05, 3.63) is 0 Å². The average molecular weight is 132 g/mol. The molecule has 0 aromatic heterocycles. The molecule has 0 bridgehead atoms. The fraction of sp³-hybridized carbons (Fsp3) is 1.00. The molecule has 1 atom stereocenters. The summed E-state index contributed by atoms with van der Waals surface area (Å²) in [5, 5.41) is 0. The first-order chi connectivity index (χ1) is 3.89. The Balaban J connectivity index is 2.17. The maximum Gasteiger partial charge on any atom is 0.0920 e. The van der Waals surface area contributed by atoms with Gasteiger partial charge in [0.2, 0.25) is 0 Å². The molecule has 0 radical (unpaired) electrons. The van der Waals surface area contributed by atoms with Crippen molar-refractivity contribution < 1.29 is 4.74 Å². The van der Waals surface area contributed by atoms with Crippen molar-refractivity contribution in [1.82, 2.24) is 0 Å². The molecule has 8 heavy (non-hydrogen) atoms. The molecule has 0 aromatic rings. The minimum atomic E-state index is 0.863. The van der Waals surface area contributed by atoms with Crippen LogP contribution in [0.5, 0.6) is 0 Å². The molecule has 1 heterocycles. The van der Waals surface area contributed by atoms with Crippen molar-refractivity contribution in [2.24, 2.45) is 5.92 Å². The predicted molar refractivity (Wildman–Crippen MR) is 37.1 cm³/mol. The molecule has 1 aliphatic heterocycles. The van der Waals surface area contributed by atoms with Gasteiger partial charge in [-0.25, -0.2) is 0 Å². The van der Waals surface area contributed by atoms with Gasteiger partial charge in [-0.1, -0.05) is 6.92 Å². The average Bonchev–Trinajstić information content (AvgIpc) is 1.94. The molecule has 0 aliphatic carbocycles. The largest absolute Gasteiger partial charge is 0.371 e. The highest BCUT2D eigenvalue weighted by molar-refractivity contribution is 7.99. The fourth-order valence-corrected chi connectivity index (χ4v) is 1.64. The Kier molecular flexibility index (Phi) is 2.70. The topological polar surface area (TPSA) is 9.23 Å². The molecule has 1 rings (SSSR count). The number of rotatable bonds is 0. The highest BCUT2D eigenvalue weighted by Crippen LogP contribution is 2.15. The lowest BCUT2D eigenvalue weighted by Gasteiger charge is -2.01. The predicted octanol–water partition coefficient (Wildman–Crippen LogP) is 1.73. The highest BCUT2D eigenvalue weighted by Gasteiger charge is 2.05. The van der Waals surface area contributed by atoms with E-state index in [-0.39, 0.29) is 0 Å². The Morgan fingerprint density at radius 1 is 1.62 bits per heavy atom. The lowest BCUT2D eigenvalue weighted by Crippen LogP contribution is -1.97. The van der Waals surface area contributed by atoms with Crippen LogP contribution < -0.4 is 0 Å². The number of thioether (sulfide) groups is 1. The molecule has 0 N–H and O–H groups in total. The van der Waals surface area contributed by atoms with Gasteiger partial charge in [-0.15, -0.1) is 11.8 Å². The molecule has 0 saturated carbocycles. The van der Waals surface area contributed by atoms with Crippen LogP contribution in [-0.4, -0.2) is 18.3 Å². The molecule has 1 fully saturated rings. The van der Waals surface area contributed by atoms with Crippen LogP contribution in [-0.2, 0) is 4.74 Å². The molecule has 1 aliphatic rings. The quantitative estimate of drug-likeness (QED) is 0.496. The summed E-state index contributed by atoms with van der Waals surface area (Å²) >= 11 is 1.90. The van der Waals surface area contributed by atoms with Crippen LogP contribution in [0.3, 0.4) is 0 Å². The summed E-state index contributed by atoms with van der Waals surface area (Å²) in [6.45, 7) is 3.25. The van der Waals surface area contributed by atoms with Crippen LogP contribution in [0.15, 0.2) is 0 Å². The van der Waals surface area contributed by atoms with E-state index in [1.165, 1.54) is 12.2 Å². The van der Waals surface area contributed by atoms with Crippen LogP contribution in [0, 0.1) is 5.92 Å². The van der Waals surface area contributed by atoms with Gasteiger partial charge in [0.05, 0.1) is 5.94 Å². The standard InChI is InChI=1S/C6H12OS/c1-6-2-3-7-5-8-4-6/h6H,2-5H2,1H3. The summed E-state index contributed by atoms with van der Waals surface area (Å²) in [6, 6.07) is 0. The molecular weight excluding hydrogens is 120 g/mol. The van der Waals surface area contributed by atoms with Gasteiger partial charge in [0.25, 0.3) is 0 Å². The maximum atomic E-state index is 5.23. The second kappa shape index (κ2) is 3.36. The third kappa shape index (κ3) is 2.05. The molecule has 0 amide bonds. The normalized spacial score (nSPS) is 31.9. The molecule has 2 heteroatoms. The van der Waals surface area contributed by atoms with E-state index in [4.69, 9.17) is 4.74 Å². The van der Waals surface area contributed by atoms with Crippen LogP contribution in [0.4, 0.5) is 0 Å². The van der Waals surface area contributed by atoms with Gasteiger partial charge >= 0.3 is 0 Å². The fourth-order valence-electron chi connectivity index (χ4n) is 0.735. The first-order valence-electron chi connectivity index (χ1n) is 3.05. The summed E-state index contributed by atoms with van der Waals surface area (Å²) in [7, 11) is 0. The van der Waals surface area contributed by atoms with Crippen LogP contribution in [0.2, 0.25) is 0 Å². The summed E-state index contributed by atoms with van der Waals surface area (Å²) in [4.78, 5) is 0. The van der Waals surface area contributed by atoms with E-state index < -0.39 is 0 Å². The summed E-state index contributed by atoms with van der Waals surface area (Å²) in [5.74, 6) is 3.05. The van der Waals surface area contributed by atoms with Gasteiger partial charge in [-0.05, 0) is 18.1 Å².